The van der Waals surface area contributed by atoms with Crippen molar-refractivity contribution in [3.63, 3.8) is 0 Å². The number of piperidine rings is 1. The highest BCUT2D eigenvalue weighted by atomic mass is 16.5. The summed E-state index contributed by atoms with van der Waals surface area (Å²) in [7, 11) is 3.18. The van der Waals surface area contributed by atoms with Crippen molar-refractivity contribution in [2.45, 2.75) is 31.9 Å². The molecule has 2 aliphatic heterocycles. The second-order valence-electron chi connectivity index (χ2n) is 8.09. The molecule has 0 bridgehead atoms. The first-order valence-electron chi connectivity index (χ1n) is 10.7. The molecule has 166 valence electrons. The minimum atomic E-state index is -0.355. The highest BCUT2D eigenvalue weighted by molar-refractivity contribution is 6.11. The molecule has 1 aromatic heterocycles. The van der Waals surface area contributed by atoms with Crippen LogP contribution in [0.25, 0.3) is 21.9 Å². The van der Waals surface area contributed by atoms with Gasteiger partial charge in [-0.25, -0.2) is 14.8 Å². The average molecular weight is 435 g/mol. The third kappa shape index (κ3) is 3.31. The van der Waals surface area contributed by atoms with Gasteiger partial charge in [0.15, 0.2) is 11.5 Å². The lowest BCUT2D eigenvalue weighted by atomic mass is 9.91. The van der Waals surface area contributed by atoms with Crippen molar-refractivity contribution < 1.29 is 24.1 Å². The van der Waals surface area contributed by atoms with E-state index in [1.54, 1.807) is 26.6 Å². The maximum absolute atomic E-state index is 12.6. The lowest BCUT2D eigenvalue weighted by molar-refractivity contribution is 0.0535. The van der Waals surface area contributed by atoms with Gasteiger partial charge in [-0.2, -0.15) is 0 Å². The Morgan fingerprint density at radius 3 is 2.56 bits per heavy atom. The zero-order valence-corrected chi connectivity index (χ0v) is 18.1. The summed E-state index contributed by atoms with van der Waals surface area (Å²) >= 11 is 0. The summed E-state index contributed by atoms with van der Waals surface area (Å²) in [5, 5.41) is 11.5. The smallest absolute Gasteiger partial charge is 0.339 e. The number of ether oxygens (including phenoxy) is 3. The normalized spacial score (nSPS) is 17.9. The topological polar surface area (TPSA) is 94.0 Å². The molecule has 1 unspecified atom stereocenters. The van der Waals surface area contributed by atoms with E-state index >= 15 is 0 Å². The molecule has 3 heterocycles. The second-order valence-corrected chi connectivity index (χ2v) is 8.09. The molecule has 1 N–H and O–H groups in total. The number of aliphatic hydroxyl groups is 1. The van der Waals surface area contributed by atoms with Crippen LogP contribution >= 0.6 is 0 Å². The van der Waals surface area contributed by atoms with E-state index in [2.05, 4.69) is 14.9 Å². The fraction of sp³-hybridized carbons (Fsp3) is 0.375. The molecular weight excluding hydrogens is 410 g/mol. The number of hydrogen-bond acceptors (Lipinski definition) is 8. The van der Waals surface area contributed by atoms with Crippen LogP contribution in [0.4, 0.5) is 5.95 Å². The van der Waals surface area contributed by atoms with E-state index in [9.17, 15) is 9.90 Å². The number of aliphatic hydroxyl groups excluding tert-OH is 1. The number of rotatable bonds is 5. The number of carbonyl (C=O) groups excluding carboxylic acids is 1. The van der Waals surface area contributed by atoms with Gasteiger partial charge >= 0.3 is 5.97 Å². The Balaban J connectivity index is 1.66. The zero-order valence-electron chi connectivity index (χ0n) is 18.1. The van der Waals surface area contributed by atoms with Crippen molar-refractivity contribution in [3.8, 4) is 22.6 Å². The Bertz CT molecular complexity index is 1180. The largest absolute Gasteiger partial charge is 0.493 e. The molecule has 1 atom stereocenters. The summed E-state index contributed by atoms with van der Waals surface area (Å²) in [6, 6.07) is 5.75. The van der Waals surface area contributed by atoms with Crippen LogP contribution in [0.5, 0.6) is 11.5 Å². The van der Waals surface area contributed by atoms with Crippen LogP contribution < -0.4 is 14.4 Å². The number of nitrogens with zero attached hydrogens (tertiary/aromatic N) is 3. The molecule has 2 aliphatic rings. The van der Waals surface area contributed by atoms with E-state index in [1.165, 1.54) is 0 Å². The van der Waals surface area contributed by atoms with E-state index in [1.807, 2.05) is 18.2 Å². The number of anilines is 1. The van der Waals surface area contributed by atoms with Crippen molar-refractivity contribution >= 4 is 22.7 Å². The quantitative estimate of drug-likeness (QED) is 0.610. The first-order valence-corrected chi connectivity index (χ1v) is 10.7. The highest BCUT2D eigenvalue weighted by Gasteiger charge is 2.29. The van der Waals surface area contributed by atoms with Crippen molar-refractivity contribution in [2.75, 3.05) is 32.3 Å². The maximum atomic E-state index is 12.6. The molecular formula is C24H25N3O5. The van der Waals surface area contributed by atoms with Crippen molar-refractivity contribution in [1.82, 2.24) is 9.97 Å². The van der Waals surface area contributed by atoms with Gasteiger partial charge in [0.1, 0.15) is 6.61 Å². The van der Waals surface area contributed by atoms with Gasteiger partial charge in [-0.1, -0.05) is 0 Å². The van der Waals surface area contributed by atoms with Crippen molar-refractivity contribution in [2.24, 2.45) is 0 Å². The fourth-order valence-electron chi connectivity index (χ4n) is 4.70. The molecule has 0 radical (unpaired) electrons. The first kappa shape index (κ1) is 20.5. The van der Waals surface area contributed by atoms with E-state index in [-0.39, 0.29) is 25.2 Å². The Morgan fingerprint density at radius 2 is 1.84 bits per heavy atom. The van der Waals surface area contributed by atoms with E-state index in [0.29, 0.717) is 23.0 Å². The second kappa shape index (κ2) is 8.27. The molecule has 32 heavy (non-hydrogen) atoms. The minimum absolute atomic E-state index is 0.0307. The summed E-state index contributed by atoms with van der Waals surface area (Å²) < 4.78 is 16.3. The minimum Gasteiger partial charge on any atom is -0.493 e. The number of fused-ring (bicyclic) bond motifs is 2. The predicted molar refractivity (Wildman–Crippen MR) is 119 cm³/mol. The van der Waals surface area contributed by atoms with Crippen LogP contribution in [0.1, 0.15) is 35.2 Å². The molecule has 3 aromatic rings. The third-order valence-corrected chi connectivity index (χ3v) is 6.31. The number of hydrogen-bond donors (Lipinski definition) is 1. The highest BCUT2D eigenvalue weighted by Crippen LogP contribution is 2.42. The summed E-state index contributed by atoms with van der Waals surface area (Å²) in [5.41, 5.74) is 2.81. The van der Waals surface area contributed by atoms with Crippen LogP contribution in [-0.4, -0.2) is 54.5 Å². The number of benzene rings is 2. The summed E-state index contributed by atoms with van der Waals surface area (Å²) in [6.45, 7) is 1.13. The van der Waals surface area contributed by atoms with Gasteiger partial charge in [-0.15, -0.1) is 0 Å². The van der Waals surface area contributed by atoms with E-state index in [0.717, 1.165) is 53.3 Å². The molecule has 8 heteroatoms. The van der Waals surface area contributed by atoms with Crippen LogP contribution in [0, 0.1) is 0 Å². The Kier molecular flexibility index (Phi) is 5.30. The summed E-state index contributed by atoms with van der Waals surface area (Å²) in [5.74, 6) is 1.42. The van der Waals surface area contributed by atoms with Gasteiger partial charge in [0.05, 0.1) is 32.4 Å². The average Bonchev–Trinajstić information content (AvgIpc) is 3.21. The molecule has 2 aromatic carbocycles. The van der Waals surface area contributed by atoms with Crippen LogP contribution in [0.15, 0.2) is 30.6 Å². The summed E-state index contributed by atoms with van der Waals surface area (Å²) in [4.78, 5) is 23.9. The maximum Gasteiger partial charge on any atom is 0.339 e. The lowest BCUT2D eigenvalue weighted by Crippen LogP contribution is -2.42. The zero-order chi connectivity index (χ0) is 22.2. The van der Waals surface area contributed by atoms with Gasteiger partial charge in [0, 0.05) is 35.6 Å². The molecule has 0 spiro atoms. The van der Waals surface area contributed by atoms with Crippen molar-refractivity contribution in [1.29, 1.82) is 0 Å². The summed E-state index contributed by atoms with van der Waals surface area (Å²) in [6.07, 6.45) is 6.54. The number of esters is 1. The SMILES string of the molecule is COc1cc2cc3c(c(-c4cnc(N5CCCCC5CO)nc4)c2cc1OC)C(=O)OC3. The number of methoxy groups -OCH3 is 2. The van der Waals surface area contributed by atoms with Crippen LogP contribution in [0.3, 0.4) is 0 Å². The Hall–Kier alpha value is -3.39. The fourth-order valence-corrected chi connectivity index (χ4v) is 4.70. The van der Waals surface area contributed by atoms with Gasteiger partial charge in [-0.05, 0) is 48.2 Å². The molecule has 8 nitrogen and oxygen atoms in total. The number of cyclic esters (lactones) is 1. The third-order valence-electron chi connectivity index (χ3n) is 6.31. The monoisotopic (exact) mass is 435 g/mol. The van der Waals surface area contributed by atoms with Crippen molar-refractivity contribution in [3.05, 3.63) is 41.7 Å². The predicted octanol–water partition coefficient (Wildman–Crippen LogP) is 3.34. The molecule has 0 amide bonds. The van der Waals surface area contributed by atoms with Gasteiger partial charge in [0.25, 0.3) is 0 Å². The molecule has 5 rings (SSSR count). The molecule has 0 saturated carbocycles. The molecule has 0 aliphatic carbocycles. The Labute approximate surface area is 185 Å². The van der Waals surface area contributed by atoms with Gasteiger partial charge < -0.3 is 24.2 Å². The molecule has 1 fully saturated rings. The first-order chi connectivity index (χ1) is 15.6. The Morgan fingerprint density at radius 1 is 1.09 bits per heavy atom. The van der Waals surface area contributed by atoms with Crippen LogP contribution in [0.2, 0.25) is 0 Å². The number of carbonyl (C=O) groups is 1. The van der Waals surface area contributed by atoms with E-state index in [4.69, 9.17) is 14.2 Å². The van der Waals surface area contributed by atoms with E-state index < -0.39 is 0 Å². The van der Waals surface area contributed by atoms with Gasteiger partial charge in [0.2, 0.25) is 5.95 Å². The molecule has 1 saturated heterocycles. The number of aromatic nitrogens is 2. The standard InChI is InChI=1S/C24H25N3O5/c1-30-19-8-14-7-15-13-32-23(29)22(15)21(18(14)9-20(19)31-2)16-10-25-24(26-11-16)27-6-4-3-5-17(27)12-28/h7-11,17,28H,3-6,12-13H2,1-2H3. The van der Waals surface area contributed by atoms with Crippen LogP contribution in [-0.2, 0) is 11.3 Å². The lowest BCUT2D eigenvalue weighted by Gasteiger charge is -2.34. The van der Waals surface area contributed by atoms with Gasteiger partial charge in [-0.3, -0.25) is 0 Å².